The Labute approximate surface area is 219 Å². The number of benzene rings is 2. The molecule has 4 aromatic rings. The summed E-state index contributed by atoms with van der Waals surface area (Å²) in [6.45, 7) is 2.28. The van der Waals surface area contributed by atoms with Gasteiger partial charge in [0.15, 0.2) is 0 Å². The number of carbonyl (C=O) groups is 2. The fourth-order valence-electron chi connectivity index (χ4n) is 3.95. The lowest BCUT2D eigenvalue weighted by molar-refractivity contribution is -0.137. The Morgan fingerprint density at radius 2 is 1.79 bits per heavy atom. The van der Waals surface area contributed by atoms with Gasteiger partial charge in [-0.25, -0.2) is 9.31 Å². The molecule has 0 bridgehead atoms. The number of para-hydroxylation sites is 1. The molecule has 4 rings (SSSR count). The molecule has 0 atom stereocenters. The number of nitriles is 1. The van der Waals surface area contributed by atoms with Gasteiger partial charge < -0.3 is 25.8 Å². The summed E-state index contributed by atoms with van der Waals surface area (Å²) in [6.07, 6.45) is 5.28. The van der Waals surface area contributed by atoms with Crippen molar-refractivity contribution in [2.24, 2.45) is 0 Å². The largest absolute Gasteiger partial charge is 0.481 e. The van der Waals surface area contributed by atoms with Crippen molar-refractivity contribution in [1.29, 1.82) is 5.26 Å². The number of unbranched alkanes of at least 4 members (excludes halogenated alkanes) is 2. The summed E-state index contributed by atoms with van der Waals surface area (Å²) in [5, 5.41) is 31.7. The lowest BCUT2D eigenvalue weighted by Gasteiger charge is -2.12. The van der Waals surface area contributed by atoms with E-state index in [-0.39, 0.29) is 12.5 Å². The molecule has 2 heterocycles. The first kappa shape index (κ1) is 26.0. The molecule has 194 valence electrons. The van der Waals surface area contributed by atoms with Crippen molar-refractivity contribution in [3.05, 3.63) is 78.1 Å². The number of hydrogen-bond acceptors (Lipinski definition) is 6. The average molecular weight is 513 g/mol. The molecular weight excluding hydrogens is 484 g/mol. The van der Waals surface area contributed by atoms with Crippen molar-refractivity contribution in [2.75, 3.05) is 17.2 Å². The maximum atomic E-state index is 12.4. The molecule has 0 spiro atoms. The van der Waals surface area contributed by atoms with Crippen LogP contribution in [0.5, 0.6) is 11.5 Å². The number of ether oxygens (including phenoxy) is 1. The highest BCUT2D eigenvalue weighted by atomic mass is 16.5. The van der Waals surface area contributed by atoms with E-state index in [1.807, 2.05) is 61.5 Å². The SMILES string of the molecule is Cc1c(NC(=O)NCCCCCC(=O)O)cn2ncc(C#N)c(Nc3ccc(Oc4ccccc4)cc3)c12. The molecule has 0 radical (unpaired) electrons. The van der Waals surface area contributed by atoms with Crippen LogP contribution in [0.3, 0.4) is 0 Å². The standard InChI is InChI=1S/C28H28N6O4/c1-19-24(33-28(37)30-15-7-3-6-10-25(35)36)18-34-27(19)26(20(16-29)17-31-34)32-21-11-13-23(14-12-21)38-22-8-4-2-5-9-22/h2,4-5,8-9,11-14,17-18,32H,3,6-7,10,15H2,1H3,(H,35,36)(H2,30,33,37). The molecule has 10 heteroatoms. The zero-order valence-corrected chi connectivity index (χ0v) is 20.9. The molecule has 0 aliphatic carbocycles. The zero-order chi connectivity index (χ0) is 26.9. The van der Waals surface area contributed by atoms with Crippen molar-refractivity contribution in [1.82, 2.24) is 14.9 Å². The van der Waals surface area contributed by atoms with Gasteiger partial charge in [-0.2, -0.15) is 10.4 Å². The predicted octanol–water partition coefficient (Wildman–Crippen LogP) is 5.82. The Morgan fingerprint density at radius 3 is 2.50 bits per heavy atom. The van der Waals surface area contributed by atoms with Gasteiger partial charge >= 0.3 is 12.0 Å². The summed E-state index contributed by atoms with van der Waals surface area (Å²) in [6, 6.07) is 18.7. The second kappa shape index (κ2) is 12.3. The minimum absolute atomic E-state index is 0.127. The molecule has 0 aliphatic heterocycles. The number of aryl methyl sites for hydroxylation is 1. The van der Waals surface area contributed by atoms with E-state index in [1.54, 1.807) is 10.7 Å². The van der Waals surface area contributed by atoms with E-state index < -0.39 is 5.97 Å². The highest BCUT2D eigenvalue weighted by molar-refractivity contribution is 5.94. The van der Waals surface area contributed by atoms with E-state index in [2.05, 4.69) is 27.1 Å². The fourth-order valence-corrected chi connectivity index (χ4v) is 3.95. The summed E-state index contributed by atoms with van der Waals surface area (Å²) >= 11 is 0. The Hall–Kier alpha value is -5.04. The fraction of sp³-hybridized carbons (Fsp3) is 0.214. The number of carboxylic acids is 1. The van der Waals surface area contributed by atoms with Crippen LogP contribution in [0.1, 0.15) is 36.8 Å². The van der Waals surface area contributed by atoms with Gasteiger partial charge in [0.25, 0.3) is 0 Å². The molecule has 0 saturated heterocycles. The molecular formula is C28H28N6O4. The average Bonchev–Trinajstić information content (AvgIpc) is 3.23. The van der Waals surface area contributed by atoms with Crippen molar-refractivity contribution in [2.45, 2.75) is 32.6 Å². The second-order valence-electron chi connectivity index (χ2n) is 8.66. The normalized spacial score (nSPS) is 10.5. The van der Waals surface area contributed by atoms with Gasteiger partial charge in [-0.05, 0) is 56.2 Å². The number of anilines is 3. The Morgan fingerprint density at radius 1 is 1.05 bits per heavy atom. The summed E-state index contributed by atoms with van der Waals surface area (Å²) < 4.78 is 7.47. The van der Waals surface area contributed by atoms with Gasteiger partial charge in [-0.1, -0.05) is 24.6 Å². The van der Waals surface area contributed by atoms with Gasteiger partial charge in [-0.15, -0.1) is 0 Å². The Kier molecular flexibility index (Phi) is 8.41. The quantitative estimate of drug-likeness (QED) is 0.186. The van der Waals surface area contributed by atoms with E-state index in [4.69, 9.17) is 9.84 Å². The minimum atomic E-state index is -0.817. The number of aliphatic carboxylic acids is 1. The first-order chi connectivity index (χ1) is 18.4. The highest BCUT2D eigenvalue weighted by Gasteiger charge is 2.17. The van der Waals surface area contributed by atoms with Crippen LogP contribution in [0, 0.1) is 18.3 Å². The van der Waals surface area contributed by atoms with Crippen molar-refractivity contribution >= 4 is 34.6 Å². The number of rotatable bonds is 11. The zero-order valence-electron chi connectivity index (χ0n) is 20.9. The number of aromatic nitrogens is 2. The van der Waals surface area contributed by atoms with Crippen LogP contribution in [0.25, 0.3) is 5.52 Å². The van der Waals surface area contributed by atoms with Crippen LogP contribution in [0.2, 0.25) is 0 Å². The molecule has 0 saturated carbocycles. The van der Waals surface area contributed by atoms with Gasteiger partial charge in [0, 0.05) is 24.2 Å². The van der Waals surface area contributed by atoms with Crippen LogP contribution in [0.4, 0.5) is 21.9 Å². The molecule has 0 unspecified atom stereocenters. The summed E-state index contributed by atoms with van der Waals surface area (Å²) in [5.41, 5.74) is 3.66. The molecule has 38 heavy (non-hydrogen) atoms. The molecule has 2 aromatic carbocycles. The highest BCUT2D eigenvalue weighted by Crippen LogP contribution is 2.33. The number of carbonyl (C=O) groups excluding carboxylic acids is 1. The number of nitrogens with zero attached hydrogens (tertiary/aromatic N) is 3. The number of urea groups is 1. The molecule has 10 nitrogen and oxygen atoms in total. The molecule has 0 aliphatic rings. The van der Waals surface area contributed by atoms with E-state index >= 15 is 0 Å². The minimum Gasteiger partial charge on any atom is -0.481 e. The summed E-state index contributed by atoms with van der Waals surface area (Å²) in [7, 11) is 0. The van der Waals surface area contributed by atoms with E-state index in [0.717, 1.165) is 23.4 Å². The van der Waals surface area contributed by atoms with Crippen LogP contribution < -0.4 is 20.7 Å². The van der Waals surface area contributed by atoms with Crippen molar-refractivity contribution < 1.29 is 19.4 Å². The summed E-state index contributed by atoms with van der Waals surface area (Å²) in [4.78, 5) is 23.0. The van der Waals surface area contributed by atoms with Gasteiger partial charge in [0.2, 0.25) is 0 Å². The van der Waals surface area contributed by atoms with E-state index in [0.29, 0.717) is 47.6 Å². The number of hydrogen-bond donors (Lipinski definition) is 4. The third-order valence-electron chi connectivity index (χ3n) is 5.88. The lowest BCUT2D eigenvalue weighted by atomic mass is 10.1. The van der Waals surface area contributed by atoms with E-state index in [1.165, 1.54) is 6.20 Å². The molecule has 2 amide bonds. The number of nitrogens with one attached hydrogen (secondary N) is 3. The van der Waals surface area contributed by atoms with Crippen LogP contribution in [-0.2, 0) is 4.79 Å². The third kappa shape index (κ3) is 6.59. The first-order valence-corrected chi connectivity index (χ1v) is 12.2. The number of fused-ring (bicyclic) bond motifs is 1. The predicted molar refractivity (Wildman–Crippen MR) is 144 cm³/mol. The van der Waals surface area contributed by atoms with Crippen molar-refractivity contribution in [3.63, 3.8) is 0 Å². The van der Waals surface area contributed by atoms with Crippen LogP contribution in [0.15, 0.2) is 67.0 Å². The van der Waals surface area contributed by atoms with Gasteiger partial charge in [0.1, 0.15) is 17.6 Å². The summed E-state index contributed by atoms with van der Waals surface area (Å²) in [5.74, 6) is 0.602. The number of amides is 2. The van der Waals surface area contributed by atoms with Crippen LogP contribution >= 0.6 is 0 Å². The maximum absolute atomic E-state index is 12.4. The second-order valence-corrected chi connectivity index (χ2v) is 8.66. The number of carboxylic acid groups (broad SMARTS) is 1. The first-order valence-electron chi connectivity index (χ1n) is 12.2. The Bertz CT molecular complexity index is 1460. The lowest BCUT2D eigenvalue weighted by Crippen LogP contribution is -2.29. The maximum Gasteiger partial charge on any atom is 0.319 e. The van der Waals surface area contributed by atoms with Crippen molar-refractivity contribution in [3.8, 4) is 17.6 Å². The smallest absolute Gasteiger partial charge is 0.319 e. The molecule has 4 N–H and O–H groups in total. The molecule has 2 aromatic heterocycles. The van der Waals surface area contributed by atoms with Gasteiger partial charge in [-0.3, -0.25) is 4.79 Å². The third-order valence-corrected chi connectivity index (χ3v) is 5.88. The monoisotopic (exact) mass is 512 g/mol. The van der Waals surface area contributed by atoms with Crippen LogP contribution in [-0.4, -0.2) is 33.3 Å². The van der Waals surface area contributed by atoms with E-state index in [9.17, 15) is 14.9 Å². The Balaban J connectivity index is 1.46. The topological polar surface area (TPSA) is 141 Å². The van der Waals surface area contributed by atoms with Gasteiger partial charge in [0.05, 0.1) is 34.8 Å². The molecule has 0 fully saturated rings.